The fraction of sp³-hybridized carbons (Fsp3) is 0.389. The van der Waals surface area contributed by atoms with Crippen molar-refractivity contribution >= 4 is 17.4 Å². The van der Waals surface area contributed by atoms with Crippen LogP contribution in [-0.4, -0.2) is 53.6 Å². The molecule has 2 heterocycles. The summed E-state index contributed by atoms with van der Waals surface area (Å²) < 4.78 is 5.30. The Kier molecular flexibility index (Phi) is 5.05. The second-order valence-corrected chi connectivity index (χ2v) is 5.75. The maximum Gasteiger partial charge on any atom is 0.272 e. The molecule has 0 unspecified atom stereocenters. The van der Waals surface area contributed by atoms with Gasteiger partial charge < -0.3 is 14.5 Å². The minimum atomic E-state index is -0.0674. The summed E-state index contributed by atoms with van der Waals surface area (Å²) in [6, 6.07) is 10.00. The molecule has 126 valence electrons. The second kappa shape index (κ2) is 7.40. The van der Waals surface area contributed by atoms with Crippen LogP contribution in [0.3, 0.4) is 0 Å². The summed E-state index contributed by atoms with van der Waals surface area (Å²) >= 11 is 0. The molecule has 2 aromatic rings. The van der Waals surface area contributed by atoms with Gasteiger partial charge in [0.25, 0.3) is 5.91 Å². The molecule has 0 radical (unpaired) electrons. The van der Waals surface area contributed by atoms with Crippen LogP contribution in [0.1, 0.15) is 23.0 Å². The largest absolute Gasteiger partial charge is 0.378 e. The summed E-state index contributed by atoms with van der Waals surface area (Å²) in [6.07, 6.45) is 1.46. The number of amides is 1. The molecule has 0 saturated carbocycles. The van der Waals surface area contributed by atoms with Gasteiger partial charge in [0.2, 0.25) is 0 Å². The van der Waals surface area contributed by atoms with Gasteiger partial charge in [0, 0.05) is 31.4 Å². The first-order valence-corrected chi connectivity index (χ1v) is 8.22. The molecule has 1 amide bonds. The molecular formula is C18H22N4O2. The molecule has 24 heavy (non-hydrogen) atoms. The number of benzene rings is 1. The first-order chi connectivity index (χ1) is 11.7. The summed E-state index contributed by atoms with van der Waals surface area (Å²) in [5, 5.41) is 0. The van der Waals surface area contributed by atoms with Crippen molar-refractivity contribution in [1.29, 1.82) is 0 Å². The van der Waals surface area contributed by atoms with Crippen LogP contribution in [0.4, 0.5) is 11.5 Å². The van der Waals surface area contributed by atoms with Gasteiger partial charge in [-0.05, 0) is 31.5 Å². The summed E-state index contributed by atoms with van der Waals surface area (Å²) in [7, 11) is 0. The summed E-state index contributed by atoms with van der Waals surface area (Å²) in [5.74, 6) is 0.664. The highest BCUT2D eigenvalue weighted by Crippen LogP contribution is 2.24. The molecule has 0 aliphatic carbocycles. The van der Waals surface area contributed by atoms with Gasteiger partial charge in [-0.15, -0.1) is 0 Å². The average molecular weight is 326 g/mol. The van der Waals surface area contributed by atoms with Crippen LogP contribution in [0.25, 0.3) is 0 Å². The number of ether oxygens (including phenoxy) is 1. The van der Waals surface area contributed by atoms with Crippen LogP contribution >= 0.6 is 0 Å². The maximum atomic E-state index is 12.6. The van der Waals surface area contributed by atoms with Gasteiger partial charge in [-0.1, -0.05) is 12.1 Å². The van der Waals surface area contributed by atoms with Gasteiger partial charge in [0.15, 0.2) is 0 Å². The van der Waals surface area contributed by atoms with Crippen LogP contribution in [0.2, 0.25) is 0 Å². The number of hydrogen-bond acceptors (Lipinski definition) is 5. The molecule has 0 atom stereocenters. The highest BCUT2D eigenvalue weighted by molar-refractivity contribution is 5.93. The van der Waals surface area contributed by atoms with Crippen LogP contribution in [0.5, 0.6) is 0 Å². The predicted molar refractivity (Wildman–Crippen MR) is 92.6 cm³/mol. The van der Waals surface area contributed by atoms with Crippen molar-refractivity contribution in [2.75, 3.05) is 37.7 Å². The van der Waals surface area contributed by atoms with Crippen molar-refractivity contribution in [2.45, 2.75) is 13.8 Å². The monoisotopic (exact) mass is 326 g/mol. The zero-order valence-electron chi connectivity index (χ0n) is 14.1. The van der Waals surface area contributed by atoms with Gasteiger partial charge in [-0.25, -0.2) is 9.97 Å². The molecule has 6 heteroatoms. The first kappa shape index (κ1) is 16.4. The van der Waals surface area contributed by atoms with E-state index in [0.29, 0.717) is 32.0 Å². The van der Waals surface area contributed by atoms with E-state index in [2.05, 4.69) is 40.8 Å². The summed E-state index contributed by atoms with van der Waals surface area (Å²) in [4.78, 5) is 25.0. The summed E-state index contributed by atoms with van der Waals surface area (Å²) in [6.45, 7) is 7.24. The van der Waals surface area contributed by atoms with Crippen molar-refractivity contribution in [3.05, 3.63) is 47.9 Å². The van der Waals surface area contributed by atoms with Crippen molar-refractivity contribution in [3.8, 4) is 0 Å². The van der Waals surface area contributed by atoms with Crippen LogP contribution in [0.15, 0.2) is 36.7 Å². The Morgan fingerprint density at radius 2 is 2.04 bits per heavy atom. The SMILES string of the molecule is CCN(c1cccc(C)c1)c1cc(C(=O)N2CCOCC2)ncn1. The standard InChI is InChI=1S/C18H22N4O2/c1-3-22(15-6-4-5-14(2)11-15)17-12-16(19-13-20-17)18(23)21-7-9-24-10-8-21/h4-6,11-13H,3,7-10H2,1-2H3. The van der Waals surface area contributed by atoms with Crippen molar-refractivity contribution < 1.29 is 9.53 Å². The minimum absolute atomic E-state index is 0.0674. The number of carbonyl (C=O) groups is 1. The Morgan fingerprint density at radius 3 is 2.75 bits per heavy atom. The lowest BCUT2D eigenvalue weighted by Gasteiger charge is -2.27. The molecule has 1 saturated heterocycles. The third-order valence-electron chi connectivity index (χ3n) is 4.08. The Balaban J connectivity index is 1.87. The van der Waals surface area contributed by atoms with E-state index < -0.39 is 0 Å². The Morgan fingerprint density at radius 1 is 1.25 bits per heavy atom. The molecule has 3 rings (SSSR count). The lowest BCUT2D eigenvalue weighted by atomic mass is 10.2. The molecule has 1 aromatic heterocycles. The van der Waals surface area contributed by atoms with Gasteiger partial charge >= 0.3 is 0 Å². The Labute approximate surface area is 142 Å². The van der Waals surface area contributed by atoms with Crippen molar-refractivity contribution in [1.82, 2.24) is 14.9 Å². The Bertz CT molecular complexity index is 714. The van der Waals surface area contributed by atoms with Crippen molar-refractivity contribution in [3.63, 3.8) is 0 Å². The first-order valence-electron chi connectivity index (χ1n) is 8.22. The molecule has 0 N–H and O–H groups in total. The smallest absolute Gasteiger partial charge is 0.272 e. The molecule has 0 bridgehead atoms. The number of nitrogens with zero attached hydrogens (tertiary/aromatic N) is 4. The molecule has 1 aromatic carbocycles. The van der Waals surface area contributed by atoms with E-state index in [0.717, 1.165) is 18.1 Å². The fourth-order valence-corrected chi connectivity index (χ4v) is 2.81. The average Bonchev–Trinajstić information content (AvgIpc) is 2.63. The third kappa shape index (κ3) is 3.54. The van der Waals surface area contributed by atoms with Gasteiger partial charge in [0.05, 0.1) is 13.2 Å². The highest BCUT2D eigenvalue weighted by Gasteiger charge is 2.21. The molecule has 6 nitrogen and oxygen atoms in total. The summed E-state index contributed by atoms with van der Waals surface area (Å²) in [5.41, 5.74) is 2.67. The van der Waals surface area contributed by atoms with Crippen LogP contribution in [-0.2, 0) is 4.74 Å². The van der Waals surface area contributed by atoms with E-state index in [1.54, 1.807) is 11.0 Å². The van der Waals surface area contributed by atoms with E-state index >= 15 is 0 Å². The molecule has 1 aliphatic rings. The molecule has 0 spiro atoms. The number of carbonyl (C=O) groups excluding carboxylic acids is 1. The Hall–Kier alpha value is -2.47. The van der Waals surface area contributed by atoms with E-state index in [9.17, 15) is 4.79 Å². The van der Waals surface area contributed by atoms with Crippen LogP contribution < -0.4 is 4.90 Å². The topological polar surface area (TPSA) is 58.6 Å². The van der Waals surface area contributed by atoms with E-state index in [-0.39, 0.29) is 5.91 Å². The maximum absolute atomic E-state index is 12.6. The number of aryl methyl sites for hydroxylation is 1. The van der Waals surface area contributed by atoms with E-state index in [1.165, 1.54) is 11.9 Å². The molecular weight excluding hydrogens is 304 g/mol. The van der Waals surface area contributed by atoms with Crippen molar-refractivity contribution in [2.24, 2.45) is 0 Å². The fourth-order valence-electron chi connectivity index (χ4n) is 2.81. The second-order valence-electron chi connectivity index (χ2n) is 5.75. The number of rotatable bonds is 4. The van der Waals surface area contributed by atoms with Gasteiger partial charge in [-0.3, -0.25) is 4.79 Å². The lowest BCUT2D eigenvalue weighted by molar-refractivity contribution is 0.0299. The molecule has 1 aliphatic heterocycles. The quantitative estimate of drug-likeness (QED) is 0.863. The lowest BCUT2D eigenvalue weighted by Crippen LogP contribution is -2.41. The van der Waals surface area contributed by atoms with E-state index in [4.69, 9.17) is 4.74 Å². The van der Waals surface area contributed by atoms with E-state index in [1.807, 2.05) is 12.1 Å². The zero-order chi connectivity index (χ0) is 16.9. The normalized spacial score (nSPS) is 14.5. The minimum Gasteiger partial charge on any atom is -0.378 e. The zero-order valence-corrected chi connectivity index (χ0v) is 14.1. The molecule has 1 fully saturated rings. The third-order valence-corrected chi connectivity index (χ3v) is 4.08. The highest BCUT2D eigenvalue weighted by atomic mass is 16.5. The van der Waals surface area contributed by atoms with Crippen LogP contribution in [0, 0.1) is 6.92 Å². The predicted octanol–water partition coefficient (Wildman–Crippen LogP) is 2.42. The number of morpholine rings is 1. The van der Waals surface area contributed by atoms with Gasteiger partial charge in [-0.2, -0.15) is 0 Å². The number of aromatic nitrogens is 2. The van der Waals surface area contributed by atoms with Gasteiger partial charge in [0.1, 0.15) is 17.8 Å². The number of anilines is 2. The number of hydrogen-bond donors (Lipinski definition) is 0.